The minimum absolute atomic E-state index is 0.253. The van der Waals surface area contributed by atoms with Crippen LogP contribution >= 0.6 is 11.6 Å². The molecule has 3 aromatic carbocycles. The van der Waals surface area contributed by atoms with Crippen molar-refractivity contribution in [3.05, 3.63) is 106 Å². The van der Waals surface area contributed by atoms with Gasteiger partial charge in [-0.1, -0.05) is 61.6 Å². The molecule has 2 heterocycles. The van der Waals surface area contributed by atoms with Crippen molar-refractivity contribution < 1.29 is 13.5 Å². The van der Waals surface area contributed by atoms with Crippen molar-refractivity contribution in [2.75, 3.05) is 0 Å². The van der Waals surface area contributed by atoms with Gasteiger partial charge in [0.2, 0.25) is 12.3 Å². The van der Waals surface area contributed by atoms with Crippen LogP contribution in [0.2, 0.25) is 5.02 Å². The number of nitrogens with zero attached hydrogens (tertiary/aromatic N) is 2. The predicted molar refractivity (Wildman–Crippen MR) is 125 cm³/mol. The first-order valence-corrected chi connectivity index (χ1v) is 10.7. The van der Waals surface area contributed by atoms with Gasteiger partial charge in [-0.2, -0.15) is 0 Å². The summed E-state index contributed by atoms with van der Waals surface area (Å²) in [7, 11) is 0. The lowest BCUT2D eigenvalue weighted by Gasteiger charge is -2.31. The highest BCUT2D eigenvalue weighted by Crippen LogP contribution is 2.43. The Balaban J connectivity index is 1.52. The van der Waals surface area contributed by atoms with E-state index in [4.69, 9.17) is 20.8 Å². The van der Waals surface area contributed by atoms with Crippen LogP contribution in [0.25, 0.3) is 17.2 Å². The summed E-state index contributed by atoms with van der Waals surface area (Å²) < 4.78 is 26.0. The number of benzene rings is 3. The summed E-state index contributed by atoms with van der Waals surface area (Å²) in [6, 6.07) is 18.0. The first kappa shape index (κ1) is 21.0. The molecule has 0 atom stereocenters. The molecule has 1 aliphatic heterocycles. The van der Waals surface area contributed by atoms with Crippen LogP contribution in [-0.2, 0) is 5.41 Å². The van der Waals surface area contributed by atoms with E-state index in [1.54, 1.807) is 12.1 Å². The average molecular weight is 457 g/mol. The van der Waals surface area contributed by atoms with E-state index < -0.39 is 5.82 Å². The molecule has 0 N–H and O–H groups in total. The molecule has 5 rings (SSSR count). The molecular weight excluding hydrogens is 439 g/mol. The third-order valence-corrected chi connectivity index (χ3v) is 5.77. The van der Waals surface area contributed by atoms with Crippen molar-refractivity contribution >= 4 is 17.4 Å². The van der Waals surface area contributed by atoms with E-state index >= 15 is 0 Å². The van der Waals surface area contributed by atoms with Crippen molar-refractivity contribution in [1.82, 2.24) is 10.2 Å². The lowest BCUT2D eigenvalue weighted by Crippen LogP contribution is -2.21. The molecule has 1 aliphatic rings. The van der Waals surface area contributed by atoms with Gasteiger partial charge in [0.15, 0.2) is 0 Å². The Morgan fingerprint density at radius 3 is 2.64 bits per heavy atom. The fraction of sp³-hybridized carbons (Fsp3) is 0.111. The summed E-state index contributed by atoms with van der Waals surface area (Å²) in [4.78, 5) is 0. The normalized spacial score (nSPS) is 13.9. The summed E-state index contributed by atoms with van der Waals surface area (Å²) in [5.74, 6) is 7.35. The van der Waals surface area contributed by atoms with Crippen molar-refractivity contribution in [3.8, 4) is 29.0 Å². The largest absolute Gasteiger partial charge is 0.457 e. The van der Waals surface area contributed by atoms with Crippen LogP contribution in [0.3, 0.4) is 0 Å². The van der Waals surface area contributed by atoms with Gasteiger partial charge in [0.1, 0.15) is 17.3 Å². The molecule has 0 fully saturated rings. The van der Waals surface area contributed by atoms with E-state index in [-0.39, 0.29) is 11.0 Å². The van der Waals surface area contributed by atoms with Crippen molar-refractivity contribution in [2.24, 2.45) is 0 Å². The number of hydrogen-bond acceptors (Lipinski definition) is 4. The average Bonchev–Trinajstić information content (AvgIpc) is 3.32. The van der Waals surface area contributed by atoms with Crippen LogP contribution < -0.4 is 4.74 Å². The van der Waals surface area contributed by atoms with E-state index in [9.17, 15) is 4.39 Å². The van der Waals surface area contributed by atoms with Gasteiger partial charge in [0.25, 0.3) is 0 Å². The van der Waals surface area contributed by atoms with Crippen LogP contribution in [0.5, 0.6) is 5.75 Å². The number of fused-ring (bicyclic) bond motifs is 1. The van der Waals surface area contributed by atoms with Crippen LogP contribution in [0.1, 0.15) is 36.1 Å². The second kappa shape index (κ2) is 8.23. The standard InChI is InChI=1S/C27H18ClFN2O2/c1-27(2)15-24(25-21(28)8-5-9-22(25)29)33-23-14-17(11-13-20(23)27)10-12-18-6-3-4-7-19(18)26-31-30-16-32-26/h3-9,11,13-16H,1-2H3. The lowest BCUT2D eigenvalue weighted by atomic mass is 9.81. The highest BCUT2D eigenvalue weighted by atomic mass is 35.5. The Labute approximate surface area is 195 Å². The van der Waals surface area contributed by atoms with Crippen LogP contribution in [0, 0.1) is 17.7 Å². The monoisotopic (exact) mass is 456 g/mol. The number of ether oxygens (including phenoxy) is 1. The summed E-state index contributed by atoms with van der Waals surface area (Å²) in [6.45, 7) is 4.10. The molecule has 0 unspecified atom stereocenters. The van der Waals surface area contributed by atoms with Crippen LogP contribution in [-0.4, -0.2) is 10.2 Å². The molecule has 1 aromatic heterocycles. The fourth-order valence-electron chi connectivity index (χ4n) is 3.84. The summed E-state index contributed by atoms with van der Waals surface area (Å²) in [6.07, 6.45) is 3.18. The van der Waals surface area contributed by atoms with Gasteiger partial charge in [0.05, 0.1) is 16.1 Å². The summed E-state index contributed by atoms with van der Waals surface area (Å²) in [5, 5.41) is 8.02. The van der Waals surface area contributed by atoms with E-state index in [2.05, 4.69) is 35.9 Å². The first-order chi connectivity index (χ1) is 15.9. The van der Waals surface area contributed by atoms with E-state index in [0.717, 1.165) is 22.3 Å². The molecule has 0 spiro atoms. The van der Waals surface area contributed by atoms with Gasteiger partial charge in [-0.25, -0.2) is 4.39 Å². The van der Waals surface area contributed by atoms with E-state index in [1.807, 2.05) is 48.5 Å². The summed E-state index contributed by atoms with van der Waals surface area (Å²) >= 11 is 6.29. The van der Waals surface area contributed by atoms with Crippen molar-refractivity contribution in [1.29, 1.82) is 0 Å². The Kier molecular flexibility index (Phi) is 5.24. The highest BCUT2D eigenvalue weighted by Gasteiger charge is 2.30. The maximum atomic E-state index is 14.6. The molecule has 162 valence electrons. The topological polar surface area (TPSA) is 48.2 Å². The smallest absolute Gasteiger partial charge is 0.248 e. The molecule has 33 heavy (non-hydrogen) atoms. The maximum Gasteiger partial charge on any atom is 0.248 e. The maximum absolute atomic E-state index is 14.6. The number of hydrogen-bond donors (Lipinski definition) is 0. The quantitative estimate of drug-likeness (QED) is 0.317. The number of aromatic nitrogens is 2. The Hall–Kier alpha value is -3.88. The van der Waals surface area contributed by atoms with Gasteiger partial charge in [-0.15, -0.1) is 10.2 Å². The van der Waals surface area contributed by atoms with Crippen LogP contribution in [0.15, 0.2) is 77.6 Å². The fourth-order valence-corrected chi connectivity index (χ4v) is 4.09. The molecule has 4 aromatic rings. The Morgan fingerprint density at radius 2 is 1.85 bits per heavy atom. The molecule has 0 amide bonds. The van der Waals surface area contributed by atoms with Gasteiger partial charge in [-0.05, 0) is 42.5 Å². The predicted octanol–water partition coefficient (Wildman–Crippen LogP) is 6.64. The molecule has 0 saturated heterocycles. The van der Waals surface area contributed by atoms with Gasteiger partial charge < -0.3 is 9.15 Å². The third-order valence-electron chi connectivity index (χ3n) is 5.46. The number of rotatable bonds is 2. The number of allylic oxidation sites excluding steroid dienone is 1. The molecule has 0 saturated carbocycles. The Bertz CT molecular complexity index is 1430. The zero-order valence-electron chi connectivity index (χ0n) is 17.9. The third kappa shape index (κ3) is 4.02. The molecule has 0 radical (unpaired) electrons. The van der Waals surface area contributed by atoms with Crippen molar-refractivity contribution in [2.45, 2.75) is 19.3 Å². The molecule has 0 aliphatic carbocycles. The highest BCUT2D eigenvalue weighted by molar-refractivity contribution is 6.32. The van der Waals surface area contributed by atoms with E-state index in [0.29, 0.717) is 22.4 Å². The lowest BCUT2D eigenvalue weighted by molar-refractivity contribution is 0.456. The molecule has 0 bridgehead atoms. The minimum atomic E-state index is -0.429. The first-order valence-electron chi connectivity index (χ1n) is 10.3. The van der Waals surface area contributed by atoms with Crippen molar-refractivity contribution in [3.63, 3.8) is 0 Å². The molecular formula is C27H18ClFN2O2. The van der Waals surface area contributed by atoms with Gasteiger partial charge in [-0.3, -0.25) is 0 Å². The zero-order valence-corrected chi connectivity index (χ0v) is 18.7. The summed E-state index contributed by atoms with van der Waals surface area (Å²) in [5.41, 5.74) is 3.13. The van der Waals surface area contributed by atoms with E-state index in [1.165, 1.54) is 12.5 Å². The van der Waals surface area contributed by atoms with Gasteiger partial charge >= 0.3 is 0 Å². The Morgan fingerprint density at radius 1 is 1.00 bits per heavy atom. The van der Waals surface area contributed by atoms with Crippen LogP contribution in [0.4, 0.5) is 4.39 Å². The minimum Gasteiger partial charge on any atom is -0.457 e. The second-order valence-corrected chi connectivity index (χ2v) is 8.59. The molecule has 4 nitrogen and oxygen atoms in total. The zero-order chi connectivity index (χ0) is 23.0. The SMILES string of the molecule is CC1(C)C=C(c2c(F)cccc2Cl)Oc2cc(C#Cc3ccccc3-c3nnco3)ccc21. The second-order valence-electron chi connectivity index (χ2n) is 8.18. The molecule has 6 heteroatoms. The number of halogens is 2. The van der Waals surface area contributed by atoms with Gasteiger partial charge in [0, 0.05) is 22.1 Å².